The molecule has 0 N–H and O–H groups in total. The standard InChI is InChI=1S/C10H10F2O/c1-6(7(2)13)8-3-4-9(11)10(12)5-8/h3-6H,1-2H3. The van der Waals surface area contributed by atoms with Crippen LogP contribution in [0.2, 0.25) is 0 Å². The summed E-state index contributed by atoms with van der Waals surface area (Å²) in [5, 5.41) is 0. The quantitative estimate of drug-likeness (QED) is 0.690. The topological polar surface area (TPSA) is 17.1 Å². The number of carbonyl (C=O) groups is 1. The van der Waals surface area contributed by atoms with E-state index in [9.17, 15) is 13.6 Å². The Morgan fingerprint density at radius 3 is 2.38 bits per heavy atom. The van der Waals surface area contributed by atoms with Crippen LogP contribution in [0.5, 0.6) is 0 Å². The third-order valence-electron chi connectivity index (χ3n) is 2.05. The van der Waals surface area contributed by atoms with Crippen molar-refractivity contribution in [1.82, 2.24) is 0 Å². The molecular weight excluding hydrogens is 174 g/mol. The van der Waals surface area contributed by atoms with Gasteiger partial charge in [-0.1, -0.05) is 13.0 Å². The highest BCUT2D eigenvalue weighted by atomic mass is 19.2. The number of halogens is 2. The highest BCUT2D eigenvalue weighted by Crippen LogP contribution is 2.18. The SMILES string of the molecule is CC(=O)C(C)c1ccc(F)c(F)c1. The Morgan fingerprint density at radius 1 is 1.31 bits per heavy atom. The van der Waals surface area contributed by atoms with Crippen LogP contribution in [-0.2, 0) is 4.79 Å². The number of rotatable bonds is 2. The summed E-state index contributed by atoms with van der Waals surface area (Å²) in [5.41, 5.74) is 0.506. The largest absolute Gasteiger partial charge is 0.299 e. The van der Waals surface area contributed by atoms with Crippen molar-refractivity contribution in [1.29, 1.82) is 0 Å². The van der Waals surface area contributed by atoms with Crippen molar-refractivity contribution in [3.63, 3.8) is 0 Å². The molecule has 1 atom stereocenters. The second-order valence-corrected chi connectivity index (χ2v) is 3.01. The maximum atomic E-state index is 12.7. The molecule has 3 heteroatoms. The predicted octanol–water partition coefficient (Wildman–Crippen LogP) is 2.66. The van der Waals surface area contributed by atoms with Gasteiger partial charge in [-0.2, -0.15) is 0 Å². The molecule has 0 amide bonds. The molecule has 0 saturated heterocycles. The van der Waals surface area contributed by atoms with Crippen molar-refractivity contribution >= 4 is 5.78 Å². The number of hydrogen-bond donors (Lipinski definition) is 0. The van der Waals surface area contributed by atoms with Crippen molar-refractivity contribution in [3.8, 4) is 0 Å². The summed E-state index contributed by atoms with van der Waals surface area (Å²) in [4.78, 5) is 10.9. The summed E-state index contributed by atoms with van der Waals surface area (Å²) in [7, 11) is 0. The van der Waals surface area contributed by atoms with E-state index in [1.165, 1.54) is 13.0 Å². The molecule has 0 bridgehead atoms. The highest BCUT2D eigenvalue weighted by Gasteiger charge is 2.12. The summed E-state index contributed by atoms with van der Waals surface area (Å²) in [6, 6.07) is 3.51. The van der Waals surface area contributed by atoms with Crippen LogP contribution in [0.4, 0.5) is 8.78 Å². The summed E-state index contributed by atoms with van der Waals surface area (Å²) in [6.07, 6.45) is 0. The van der Waals surface area contributed by atoms with Crippen LogP contribution in [0, 0.1) is 11.6 Å². The fraction of sp³-hybridized carbons (Fsp3) is 0.300. The van der Waals surface area contributed by atoms with Gasteiger partial charge in [0.25, 0.3) is 0 Å². The van der Waals surface area contributed by atoms with Crippen molar-refractivity contribution in [2.45, 2.75) is 19.8 Å². The van der Waals surface area contributed by atoms with Gasteiger partial charge >= 0.3 is 0 Å². The Labute approximate surface area is 75.4 Å². The van der Waals surface area contributed by atoms with Crippen molar-refractivity contribution in [3.05, 3.63) is 35.4 Å². The molecule has 0 radical (unpaired) electrons. The van der Waals surface area contributed by atoms with Gasteiger partial charge in [0, 0.05) is 5.92 Å². The average molecular weight is 184 g/mol. The molecule has 13 heavy (non-hydrogen) atoms. The fourth-order valence-corrected chi connectivity index (χ4v) is 1.02. The second kappa shape index (κ2) is 3.64. The number of carbonyl (C=O) groups excluding carboxylic acids is 1. The van der Waals surface area contributed by atoms with Gasteiger partial charge in [-0.05, 0) is 24.6 Å². The lowest BCUT2D eigenvalue weighted by Crippen LogP contribution is -2.04. The van der Waals surface area contributed by atoms with E-state index in [-0.39, 0.29) is 11.7 Å². The van der Waals surface area contributed by atoms with Gasteiger partial charge in [0.2, 0.25) is 0 Å². The summed E-state index contributed by atoms with van der Waals surface area (Å²) >= 11 is 0. The lowest BCUT2D eigenvalue weighted by molar-refractivity contribution is -0.118. The van der Waals surface area contributed by atoms with Gasteiger partial charge in [-0.15, -0.1) is 0 Å². The molecule has 0 aliphatic carbocycles. The molecule has 1 aromatic rings. The molecular formula is C10H10F2O. The van der Waals surface area contributed by atoms with E-state index in [0.29, 0.717) is 5.56 Å². The van der Waals surface area contributed by atoms with E-state index in [2.05, 4.69) is 0 Å². The summed E-state index contributed by atoms with van der Waals surface area (Å²) < 4.78 is 25.2. The van der Waals surface area contributed by atoms with Crippen LogP contribution in [-0.4, -0.2) is 5.78 Å². The van der Waals surface area contributed by atoms with E-state index < -0.39 is 11.6 Å². The molecule has 0 aromatic heterocycles. The van der Waals surface area contributed by atoms with Gasteiger partial charge in [0.15, 0.2) is 11.6 Å². The molecule has 0 aliphatic rings. The Morgan fingerprint density at radius 2 is 1.92 bits per heavy atom. The van der Waals surface area contributed by atoms with Crippen LogP contribution < -0.4 is 0 Å². The van der Waals surface area contributed by atoms with Crippen LogP contribution in [0.3, 0.4) is 0 Å². The molecule has 0 spiro atoms. The normalized spacial score (nSPS) is 12.6. The van der Waals surface area contributed by atoms with Crippen molar-refractivity contribution in [2.24, 2.45) is 0 Å². The molecule has 1 nitrogen and oxygen atoms in total. The smallest absolute Gasteiger partial charge is 0.159 e. The Hall–Kier alpha value is -1.25. The third kappa shape index (κ3) is 2.11. The first-order valence-corrected chi connectivity index (χ1v) is 3.97. The molecule has 0 saturated carbocycles. The first-order chi connectivity index (χ1) is 6.02. The minimum absolute atomic E-state index is 0.0639. The van der Waals surface area contributed by atoms with E-state index in [1.54, 1.807) is 6.92 Å². The fourth-order valence-electron chi connectivity index (χ4n) is 1.02. The Kier molecular flexibility index (Phi) is 2.76. The Bertz CT molecular complexity index is 334. The van der Waals surface area contributed by atoms with Crippen molar-refractivity contribution < 1.29 is 13.6 Å². The minimum atomic E-state index is -0.911. The monoisotopic (exact) mass is 184 g/mol. The van der Waals surface area contributed by atoms with E-state index in [4.69, 9.17) is 0 Å². The molecule has 0 aliphatic heterocycles. The average Bonchev–Trinajstić information content (AvgIpc) is 2.08. The highest BCUT2D eigenvalue weighted by molar-refractivity contribution is 5.82. The Balaban J connectivity index is 3.03. The van der Waals surface area contributed by atoms with Crippen molar-refractivity contribution in [2.75, 3.05) is 0 Å². The zero-order valence-corrected chi connectivity index (χ0v) is 7.47. The van der Waals surface area contributed by atoms with Crippen LogP contribution in [0.1, 0.15) is 25.3 Å². The number of ketones is 1. The van der Waals surface area contributed by atoms with Crippen LogP contribution >= 0.6 is 0 Å². The second-order valence-electron chi connectivity index (χ2n) is 3.01. The summed E-state index contributed by atoms with van der Waals surface area (Å²) in [6.45, 7) is 3.08. The number of hydrogen-bond acceptors (Lipinski definition) is 1. The molecule has 0 heterocycles. The van der Waals surface area contributed by atoms with Crippen LogP contribution in [0.15, 0.2) is 18.2 Å². The maximum absolute atomic E-state index is 12.7. The lowest BCUT2D eigenvalue weighted by Gasteiger charge is -2.07. The summed E-state index contributed by atoms with van der Waals surface area (Å²) in [5.74, 6) is -2.24. The first kappa shape index (κ1) is 9.84. The zero-order chi connectivity index (χ0) is 10.0. The maximum Gasteiger partial charge on any atom is 0.159 e. The zero-order valence-electron chi connectivity index (χ0n) is 7.47. The minimum Gasteiger partial charge on any atom is -0.299 e. The lowest BCUT2D eigenvalue weighted by atomic mass is 9.98. The van der Waals surface area contributed by atoms with Gasteiger partial charge in [0.05, 0.1) is 0 Å². The number of Topliss-reactive ketones (excluding diaryl/α,β-unsaturated/α-hetero) is 1. The van der Waals surface area contributed by atoms with Gasteiger partial charge in [-0.3, -0.25) is 4.79 Å². The third-order valence-corrected chi connectivity index (χ3v) is 2.05. The van der Waals surface area contributed by atoms with Gasteiger partial charge in [-0.25, -0.2) is 8.78 Å². The van der Waals surface area contributed by atoms with Gasteiger partial charge < -0.3 is 0 Å². The van der Waals surface area contributed by atoms with E-state index >= 15 is 0 Å². The molecule has 70 valence electrons. The molecule has 1 aromatic carbocycles. The molecule has 1 rings (SSSR count). The first-order valence-electron chi connectivity index (χ1n) is 3.97. The van der Waals surface area contributed by atoms with E-state index in [1.807, 2.05) is 0 Å². The van der Waals surface area contributed by atoms with Gasteiger partial charge in [0.1, 0.15) is 5.78 Å². The number of benzene rings is 1. The molecule has 1 unspecified atom stereocenters. The van der Waals surface area contributed by atoms with Crippen LogP contribution in [0.25, 0.3) is 0 Å². The molecule has 0 fully saturated rings. The predicted molar refractivity (Wildman–Crippen MR) is 45.5 cm³/mol. The van der Waals surface area contributed by atoms with E-state index in [0.717, 1.165) is 12.1 Å².